The van der Waals surface area contributed by atoms with Crippen LogP contribution in [0.3, 0.4) is 0 Å². The molecule has 0 spiro atoms. The summed E-state index contributed by atoms with van der Waals surface area (Å²) in [5.41, 5.74) is 1.34. The molecule has 8 heteroatoms. The number of ether oxygens (including phenoxy) is 3. The number of anilines is 1. The Labute approximate surface area is 208 Å². The van der Waals surface area contributed by atoms with Gasteiger partial charge in [-0.2, -0.15) is 0 Å². The number of hydrogen-bond donors (Lipinski definition) is 0. The van der Waals surface area contributed by atoms with E-state index in [1.165, 1.54) is 11.3 Å². The summed E-state index contributed by atoms with van der Waals surface area (Å²) < 4.78 is 18.3. The van der Waals surface area contributed by atoms with Crippen LogP contribution in [0.1, 0.15) is 16.8 Å². The number of carbonyl (C=O) groups excluding carboxylic acids is 1. The van der Waals surface area contributed by atoms with E-state index in [1.807, 2.05) is 74.8 Å². The van der Waals surface area contributed by atoms with E-state index < -0.39 is 0 Å². The van der Waals surface area contributed by atoms with Gasteiger partial charge in [-0.15, -0.1) is 0 Å². The van der Waals surface area contributed by atoms with Gasteiger partial charge in [0, 0.05) is 24.2 Å². The molecular formula is C27H27N3O4S. The Morgan fingerprint density at radius 3 is 2.46 bits per heavy atom. The second-order valence-electron chi connectivity index (χ2n) is 8.52. The fraction of sp³-hybridized carbons (Fsp3) is 0.259. The Bertz CT molecular complexity index is 1280. The monoisotopic (exact) mass is 489 g/mol. The molecule has 0 unspecified atom stereocenters. The summed E-state index contributed by atoms with van der Waals surface area (Å²) in [5.74, 6) is 2.63. The van der Waals surface area contributed by atoms with E-state index in [9.17, 15) is 4.79 Å². The zero-order valence-corrected chi connectivity index (χ0v) is 20.6. The average molecular weight is 490 g/mol. The van der Waals surface area contributed by atoms with Gasteiger partial charge in [0.25, 0.3) is 5.91 Å². The molecule has 35 heavy (non-hydrogen) atoms. The highest BCUT2D eigenvalue weighted by Gasteiger charge is 2.23. The van der Waals surface area contributed by atoms with Crippen molar-refractivity contribution in [3.63, 3.8) is 0 Å². The highest BCUT2D eigenvalue weighted by molar-refractivity contribution is 7.22. The predicted octanol–water partition coefficient (Wildman–Crippen LogP) is 5.46. The molecule has 4 aromatic rings. The zero-order chi connectivity index (χ0) is 24.2. The summed E-state index contributed by atoms with van der Waals surface area (Å²) in [4.78, 5) is 22.4. The molecule has 0 saturated heterocycles. The van der Waals surface area contributed by atoms with Crippen molar-refractivity contribution in [1.82, 2.24) is 9.88 Å². The minimum Gasteiger partial charge on any atom is -0.486 e. The molecule has 1 aliphatic heterocycles. The number of carbonyl (C=O) groups is 1. The number of hydrogen-bond acceptors (Lipinski definition) is 7. The van der Waals surface area contributed by atoms with Crippen LogP contribution in [0.2, 0.25) is 0 Å². The summed E-state index contributed by atoms with van der Waals surface area (Å²) in [6.45, 7) is 2.46. The average Bonchev–Trinajstić information content (AvgIpc) is 3.28. The van der Waals surface area contributed by atoms with Crippen LogP contribution in [0.15, 0.2) is 66.7 Å². The zero-order valence-electron chi connectivity index (χ0n) is 19.8. The molecule has 180 valence electrons. The lowest BCUT2D eigenvalue weighted by atomic mass is 10.2. The van der Waals surface area contributed by atoms with Gasteiger partial charge in [0.05, 0.1) is 10.2 Å². The minimum absolute atomic E-state index is 0.112. The third kappa shape index (κ3) is 5.39. The Balaban J connectivity index is 1.45. The van der Waals surface area contributed by atoms with Gasteiger partial charge in [0.15, 0.2) is 16.6 Å². The first kappa shape index (κ1) is 23.1. The summed E-state index contributed by atoms with van der Waals surface area (Å²) in [6, 6.07) is 20.7. The van der Waals surface area contributed by atoms with Crippen molar-refractivity contribution in [3.8, 4) is 23.0 Å². The number of nitrogens with zero attached hydrogens (tertiary/aromatic N) is 3. The Morgan fingerprint density at radius 2 is 1.69 bits per heavy atom. The molecule has 0 radical (unpaired) electrons. The summed E-state index contributed by atoms with van der Waals surface area (Å²) in [7, 11) is 4.05. The molecule has 1 aromatic heterocycles. The molecule has 3 aromatic carbocycles. The highest BCUT2D eigenvalue weighted by Crippen LogP contribution is 2.39. The van der Waals surface area contributed by atoms with Crippen molar-refractivity contribution in [2.24, 2.45) is 0 Å². The number of rotatable bonds is 8. The maximum absolute atomic E-state index is 13.7. The second kappa shape index (κ2) is 10.3. The first-order valence-electron chi connectivity index (χ1n) is 11.6. The lowest BCUT2D eigenvalue weighted by Gasteiger charge is -2.21. The van der Waals surface area contributed by atoms with Crippen LogP contribution < -0.4 is 19.1 Å². The maximum atomic E-state index is 13.7. The quantitative estimate of drug-likeness (QED) is 0.328. The van der Waals surface area contributed by atoms with Crippen LogP contribution in [0.5, 0.6) is 23.0 Å². The van der Waals surface area contributed by atoms with E-state index in [2.05, 4.69) is 4.90 Å². The number of para-hydroxylation sites is 1. The van der Waals surface area contributed by atoms with Gasteiger partial charge >= 0.3 is 0 Å². The van der Waals surface area contributed by atoms with E-state index in [0.29, 0.717) is 42.0 Å². The fourth-order valence-corrected chi connectivity index (χ4v) is 4.87. The molecular weight excluding hydrogens is 462 g/mol. The van der Waals surface area contributed by atoms with Gasteiger partial charge in [-0.05, 0) is 57.4 Å². The van der Waals surface area contributed by atoms with Crippen molar-refractivity contribution < 1.29 is 19.0 Å². The van der Waals surface area contributed by atoms with Crippen molar-refractivity contribution in [2.45, 2.75) is 6.42 Å². The van der Waals surface area contributed by atoms with E-state index in [4.69, 9.17) is 19.2 Å². The molecule has 7 nitrogen and oxygen atoms in total. The van der Waals surface area contributed by atoms with Crippen molar-refractivity contribution in [2.75, 3.05) is 45.3 Å². The van der Waals surface area contributed by atoms with E-state index in [0.717, 1.165) is 34.7 Å². The molecule has 5 rings (SSSR count). The number of thiazole rings is 1. The summed E-state index contributed by atoms with van der Waals surface area (Å²) in [5, 5.41) is 0.653. The smallest absolute Gasteiger partial charge is 0.260 e. The number of amides is 1. The summed E-state index contributed by atoms with van der Waals surface area (Å²) in [6.07, 6.45) is 0.817. The van der Waals surface area contributed by atoms with Gasteiger partial charge < -0.3 is 19.1 Å². The predicted molar refractivity (Wildman–Crippen MR) is 138 cm³/mol. The van der Waals surface area contributed by atoms with Crippen LogP contribution in [0.4, 0.5) is 5.13 Å². The molecule has 1 aliphatic rings. The van der Waals surface area contributed by atoms with Crippen LogP contribution in [0.25, 0.3) is 10.2 Å². The molecule has 0 fully saturated rings. The topological polar surface area (TPSA) is 64.1 Å². The van der Waals surface area contributed by atoms with Gasteiger partial charge in [0.1, 0.15) is 24.7 Å². The van der Waals surface area contributed by atoms with E-state index in [-0.39, 0.29) is 5.91 Å². The number of benzene rings is 3. The molecule has 0 saturated carbocycles. The van der Waals surface area contributed by atoms with E-state index in [1.54, 1.807) is 11.0 Å². The number of fused-ring (bicyclic) bond motifs is 2. The van der Waals surface area contributed by atoms with Crippen LogP contribution in [0, 0.1) is 0 Å². The van der Waals surface area contributed by atoms with Crippen LogP contribution >= 0.6 is 11.3 Å². The van der Waals surface area contributed by atoms with Gasteiger partial charge in [-0.25, -0.2) is 4.98 Å². The lowest BCUT2D eigenvalue weighted by Crippen LogP contribution is -2.33. The second-order valence-corrected chi connectivity index (χ2v) is 9.53. The Hall–Kier alpha value is -3.62. The first-order valence-corrected chi connectivity index (χ1v) is 12.4. The van der Waals surface area contributed by atoms with Gasteiger partial charge in [-0.1, -0.05) is 35.6 Å². The highest BCUT2D eigenvalue weighted by atomic mass is 32.1. The maximum Gasteiger partial charge on any atom is 0.260 e. The van der Waals surface area contributed by atoms with Crippen LogP contribution in [-0.2, 0) is 0 Å². The molecule has 1 amide bonds. The minimum atomic E-state index is -0.112. The molecule has 0 N–H and O–H groups in total. The van der Waals surface area contributed by atoms with Crippen molar-refractivity contribution >= 4 is 32.6 Å². The Morgan fingerprint density at radius 1 is 0.943 bits per heavy atom. The van der Waals surface area contributed by atoms with Crippen molar-refractivity contribution in [1.29, 1.82) is 0 Å². The third-order valence-corrected chi connectivity index (χ3v) is 6.61. The Kier molecular flexibility index (Phi) is 6.83. The summed E-state index contributed by atoms with van der Waals surface area (Å²) >= 11 is 1.48. The molecule has 0 atom stereocenters. The van der Waals surface area contributed by atoms with Crippen LogP contribution in [-0.4, -0.2) is 56.2 Å². The normalized spacial score (nSPS) is 12.7. The first-order chi connectivity index (χ1) is 17.1. The molecule has 2 heterocycles. The SMILES string of the molecule is CN(C)CCCN(C(=O)c1cccc(Oc2ccccc2)c1)c1nc2cc3c(cc2s1)OCCO3. The van der Waals surface area contributed by atoms with Crippen molar-refractivity contribution in [3.05, 3.63) is 72.3 Å². The molecule has 0 aliphatic carbocycles. The van der Waals surface area contributed by atoms with Gasteiger partial charge in [-0.3, -0.25) is 9.69 Å². The van der Waals surface area contributed by atoms with E-state index >= 15 is 0 Å². The largest absolute Gasteiger partial charge is 0.486 e. The standard InChI is InChI=1S/C27H27N3O4S/c1-29(2)12-7-13-30(27-28-22-17-23-24(18-25(22)35-27)33-15-14-32-23)26(31)19-8-6-11-21(16-19)34-20-9-4-3-5-10-20/h3-6,8-11,16-18H,7,12-15H2,1-2H3. The lowest BCUT2D eigenvalue weighted by molar-refractivity contribution is 0.0985. The third-order valence-electron chi connectivity index (χ3n) is 5.56. The fourth-order valence-electron chi connectivity index (χ4n) is 3.87. The molecule has 0 bridgehead atoms. The van der Waals surface area contributed by atoms with Gasteiger partial charge in [0.2, 0.25) is 0 Å². The number of aromatic nitrogens is 1.